The van der Waals surface area contributed by atoms with Gasteiger partial charge in [0.2, 0.25) is 15.9 Å². The van der Waals surface area contributed by atoms with Crippen LogP contribution in [0, 0.1) is 0 Å². The van der Waals surface area contributed by atoms with Gasteiger partial charge in [-0.3, -0.25) is 9.69 Å². The number of carbonyl (C=O) groups is 1. The maximum Gasteiger partial charge on any atom is 0.243 e. The fraction of sp³-hybridized carbons (Fsp3) is 0.667. The first-order chi connectivity index (χ1) is 13.7. The molecule has 0 spiro atoms. The van der Waals surface area contributed by atoms with Gasteiger partial charge in [0.05, 0.1) is 17.5 Å². The molecule has 1 aliphatic heterocycles. The molecule has 1 N–H and O–H groups in total. The van der Waals surface area contributed by atoms with Crippen molar-refractivity contribution in [3.8, 4) is 0 Å². The van der Waals surface area contributed by atoms with Gasteiger partial charge in [-0.05, 0) is 43.9 Å². The first-order valence-corrected chi connectivity index (χ1v) is 11.8. The third-order valence-electron chi connectivity index (χ3n) is 4.98. The summed E-state index contributed by atoms with van der Waals surface area (Å²) < 4.78 is 32.7. The summed E-state index contributed by atoms with van der Waals surface area (Å²) in [4.78, 5) is 14.4. The number of rotatable bonds is 10. The second-order valence-corrected chi connectivity index (χ2v) is 9.96. The number of amides is 1. The largest absolute Gasteiger partial charge is 0.379 e. The summed E-state index contributed by atoms with van der Waals surface area (Å²) in [5.74, 6) is 0.333. The third kappa shape index (κ3) is 7.37. The Labute approximate surface area is 175 Å². The molecule has 1 aromatic rings. The highest BCUT2D eigenvalue weighted by molar-refractivity contribution is 7.89. The molecule has 1 amide bonds. The number of hydrogen-bond donors (Lipinski definition) is 1. The smallest absolute Gasteiger partial charge is 0.243 e. The van der Waals surface area contributed by atoms with Crippen molar-refractivity contribution in [2.75, 3.05) is 45.9 Å². The number of nitrogens with one attached hydrogen (secondary N) is 1. The molecule has 29 heavy (non-hydrogen) atoms. The second kappa shape index (κ2) is 11.1. The predicted molar refractivity (Wildman–Crippen MR) is 114 cm³/mol. The first kappa shape index (κ1) is 23.8. The van der Waals surface area contributed by atoms with Gasteiger partial charge in [-0.1, -0.05) is 26.0 Å². The summed E-state index contributed by atoms with van der Waals surface area (Å²) in [5.41, 5.74) is 1.12. The Morgan fingerprint density at radius 2 is 1.69 bits per heavy atom. The van der Waals surface area contributed by atoms with E-state index < -0.39 is 10.0 Å². The fourth-order valence-corrected chi connectivity index (χ4v) is 4.60. The van der Waals surface area contributed by atoms with E-state index >= 15 is 0 Å². The van der Waals surface area contributed by atoms with Crippen LogP contribution in [-0.4, -0.2) is 75.5 Å². The highest BCUT2D eigenvalue weighted by Gasteiger charge is 2.29. The molecule has 1 fully saturated rings. The van der Waals surface area contributed by atoms with Crippen LogP contribution < -0.4 is 5.32 Å². The standard InChI is InChI=1S/C21H35N3O4S/c1-17(2)19-6-8-20(9-7-19)29(26,27)24-13-11-23(12-14-24)16-21(25)22-10-5-15-28-18(3)4/h6-9,17-18H,5,10-16H2,1-4H3,(H,22,25). The average Bonchev–Trinajstić information content (AvgIpc) is 2.68. The van der Waals surface area contributed by atoms with Crippen LogP contribution in [0.25, 0.3) is 0 Å². The Balaban J connectivity index is 1.77. The lowest BCUT2D eigenvalue weighted by Gasteiger charge is -2.33. The minimum absolute atomic E-state index is 0.0323. The molecular weight excluding hydrogens is 390 g/mol. The Morgan fingerprint density at radius 3 is 2.24 bits per heavy atom. The Kier molecular flexibility index (Phi) is 9.07. The van der Waals surface area contributed by atoms with E-state index in [2.05, 4.69) is 19.2 Å². The molecule has 0 saturated carbocycles. The normalized spacial score (nSPS) is 16.5. The molecule has 164 valence electrons. The van der Waals surface area contributed by atoms with Crippen molar-refractivity contribution in [3.63, 3.8) is 0 Å². The van der Waals surface area contributed by atoms with E-state index in [1.54, 1.807) is 12.1 Å². The zero-order valence-corrected chi connectivity index (χ0v) is 18.9. The molecule has 8 heteroatoms. The van der Waals surface area contributed by atoms with Gasteiger partial charge in [0.1, 0.15) is 0 Å². The van der Waals surface area contributed by atoms with E-state index in [0.717, 1.165) is 12.0 Å². The minimum atomic E-state index is -3.49. The second-order valence-electron chi connectivity index (χ2n) is 8.03. The van der Waals surface area contributed by atoms with E-state index in [1.807, 2.05) is 30.9 Å². The maximum absolute atomic E-state index is 12.9. The molecule has 7 nitrogen and oxygen atoms in total. The molecule has 1 aliphatic rings. The van der Waals surface area contributed by atoms with E-state index in [4.69, 9.17) is 4.74 Å². The number of piperazine rings is 1. The van der Waals surface area contributed by atoms with Crippen LogP contribution in [0.15, 0.2) is 29.2 Å². The van der Waals surface area contributed by atoms with E-state index in [0.29, 0.717) is 56.7 Å². The summed E-state index contributed by atoms with van der Waals surface area (Å²) in [7, 11) is -3.49. The molecular formula is C21H35N3O4S. The lowest BCUT2D eigenvalue weighted by molar-refractivity contribution is -0.122. The van der Waals surface area contributed by atoms with Crippen molar-refractivity contribution in [2.45, 2.75) is 51.0 Å². The highest BCUT2D eigenvalue weighted by atomic mass is 32.2. The SMILES string of the molecule is CC(C)OCCCNC(=O)CN1CCN(S(=O)(=O)c2ccc(C(C)C)cc2)CC1. The molecule has 0 atom stereocenters. The lowest BCUT2D eigenvalue weighted by Crippen LogP contribution is -2.51. The highest BCUT2D eigenvalue weighted by Crippen LogP contribution is 2.21. The Hall–Kier alpha value is -1.48. The summed E-state index contributed by atoms with van der Waals surface area (Å²) in [6, 6.07) is 7.13. The van der Waals surface area contributed by atoms with Gasteiger partial charge in [-0.15, -0.1) is 0 Å². The van der Waals surface area contributed by atoms with Crippen LogP contribution in [0.3, 0.4) is 0 Å². The van der Waals surface area contributed by atoms with Gasteiger partial charge in [0, 0.05) is 39.3 Å². The van der Waals surface area contributed by atoms with Crippen LogP contribution >= 0.6 is 0 Å². The molecule has 1 aromatic carbocycles. The van der Waals surface area contributed by atoms with Crippen LogP contribution in [-0.2, 0) is 19.6 Å². The van der Waals surface area contributed by atoms with Gasteiger partial charge in [0.25, 0.3) is 0 Å². The molecule has 0 bridgehead atoms. The van der Waals surface area contributed by atoms with Crippen molar-refractivity contribution in [2.24, 2.45) is 0 Å². The van der Waals surface area contributed by atoms with Gasteiger partial charge in [-0.2, -0.15) is 4.31 Å². The zero-order valence-electron chi connectivity index (χ0n) is 18.1. The van der Waals surface area contributed by atoms with Crippen molar-refractivity contribution in [1.29, 1.82) is 0 Å². The molecule has 0 unspecified atom stereocenters. The van der Waals surface area contributed by atoms with E-state index in [9.17, 15) is 13.2 Å². The van der Waals surface area contributed by atoms with Crippen LogP contribution in [0.2, 0.25) is 0 Å². The van der Waals surface area contributed by atoms with Crippen LogP contribution in [0.4, 0.5) is 0 Å². The quantitative estimate of drug-likeness (QED) is 0.581. The fourth-order valence-electron chi connectivity index (χ4n) is 3.18. The number of sulfonamides is 1. The van der Waals surface area contributed by atoms with Gasteiger partial charge in [0.15, 0.2) is 0 Å². The summed E-state index contributed by atoms with van der Waals surface area (Å²) >= 11 is 0. The van der Waals surface area contributed by atoms with E-state index in [1.165, 1.54) is 4.31 Å². The molecule has 1 saturated heterocycles. The number of ether oxygens (including phenoxy) is 1. The zero-order chi connectivity index (χ0) is 21.4. The van der Waals surface area contributed by atoms with Crippen molar-refractivity contribution in [1.82, 2.24) is 14.5 Å². The summed E-state index contributed by atoms with van der Waals surface area (Å²) in [6.07, 6.45) is 0.984. The third-order valence-corrected chi connectivity index (χ3v) is 6.89. The predicted octanol–water partition coefficient (Wildman–Crippen LogP) is 2.05. The number of carbonyl (C=O) groups excluding carboxylic acids is 1. The van der Waals surface area contributed by atoms with Crippen molar-refractivity contribution < 1.29 is 17.9 Å². The van der Waals surface area contributed by atoms with Gasteiger partial charge >= 0.3 is 0 Å². The number of benzene rings is 1. The van der Waals surface area contributed by atoms with Crippen LogP contribution in [0.5, 0.6) is 0 Å². The number of nitrogens with zero attached hydrogens (tertiary/aromatic N) is 2. The molecule has 0 radical (unpaired) electrons. The lowest BCUT2D eigenvalue weighted by atomic mass is 10.0. The first-order valence-electron chi connectivity index (χ1n) is 10.4. The van der Waals surface area contributed by atoms with Crippen LogP contribution in [0.1, 0.15) is 45.6 Å². The molecule has 2 rings (SSSR count). The topological polar surface area (TPSA) is 79.0 Å². The minimum Gasteiger partial charge on any atom is -0.379 e. The Morgan fingerprint density at radius 1 is 1.07 bits per heavy atom. The summed E-state index contributed by atoms with van der Waals surface area (Å²) in [6.45, 7) is 11.5. The van der Waals surface area contributed by atoms with E-state index in [-0.39, 0.29) is 12.0 Å². The molecule has 0 aliphatic carbocycles. The Bertz CT molecular complexity index is 740. The number of hydrogen-bond acceptors (Lipinski definition) is 5. The summed E-state index contributed by atoms with van der Waals surface area (Å²) in [5, 5.41) is 2.89. The monoisotopic (exact) mass is 425 g/mol. The maximum atomic E-state index is 12.9. The van der Waals surface area contributed by atoms with Gasteiger partial charge in [-0.25, -0.2) is 8.42 Å². The molecule has 0 aromatic heterocycles. The molecule has 1 heterocycles. The van der Waals surface area contributed by atoms with Crippen molar-refractivity contribution in [3.05, 3.63) is 29.8 Å². The average molecular weight is 426 g/mol. The van der Waals surface area contributed by atoms with Crippen molar-refractivity contribution >= 4 is 15.9 Å². The van der Waals surface area contributed by atoms with Gasteiger partial charge < -0.3 is 10.1 Å².